The van der Waals surface area contributed by atoms with Crippen molar-refractivity contribution in [2.45, 2.75) is 6.92 Å². The van der Waals surface area contributed by atoms with E-state index in [0.29, 0.717) is 6.54 Å². The Morgan fingerprint density at radius 1 is 1.50 bits per heavy atom. The van der Waals surface area contributed by atoms with Crippen LogP contribution in [0.4, 0.5) is 0 Å². The average Bonchev–Trinajstić information content (AvgIpc) is 1.99. The van der Waals surface area contributed by atoms with Crippen molar-refractivity contribution < 1.29 is 0 Å². The van der Waals surface area contributed by atoms with E-state index >= 15 is 0 Å². The largest absolute Gasteiger partial charge is 0.388 e. The summed E-state index contributed by atoms with van der Waals surface area (Å²) in [5.41, 5.74) is 5.23. The third-order valence-corrected chi connectivity index (χ3v) is 0.855. The van der Waals surface area contributed by atoms with Crippen molar-refractivity contribution in [3.05, 3.63) is 11.4 Å². The lowest BCUT2D eigenvalue weighted by atomic mass is 10.3. The third-order valence-electron chi connectivity index (χ3n) is 0.855. The molecular formula is C6H8N4. The number of allylic oxidation sites excluding steroid dienone is 2. The molecule has 0 rings (SSSR count). The Morgan fingerprint density at radius 3 is 2.40 bits per heavy atom. The molecule has 0 saturated heterocycles. The topological polar surface area (TPSA) is 85.6 Å². The van der Waals surface area contributed by atoms with Crippen LogP contribution in [0.25, 0.3) is 0 Å². The molecule has 0 aromatic carbocycles. The van der Waals surface area contributed by atoms with Gasteiger partial charge in [0, 0.05) is 6.54 Å². The molecule has 0 aliphatic rings. The lowest BCUT2D eigenvalue weighted by Gasteiger charge is -1.98. The van der Waals surface area contributed by atoms with E-state index in [0.717, 1.165) is 0 Å². The highest BCUT2D eigenvalue weighted by atomic mass is 14.9. The zero-order chi connectivity index (χ0) is 7.98. The summed E-state index contributed by atoms with van der Waals surface area (Å²) in [6, 6.07) is 3.45. The standard InChI is InChI=1S/C6H8N4/c1-2-10-6(4-8)5(9)3-7/h10H,2,9H2,1H3. The van der Waals surface area contributed by atoms with Gasteiger partial charge in [-0.1, -0.05) is 0 Å². The van der Waals surface area contributed by atoms with E-state index in [4.69, 9.17) is 16.3 Å². The fourth-order valence-corrected chi connectivity index (χ4v) is 0.428. The van der Waals surface area contributed by atoms with Crippen molar-refractivity contribution in [3.8, 4) is 12.1 Å². The van der Waals surface area contributed by atoms with Gasteiger partial charge < -0.3 is 11.1 Å². The van der Waals surface area contributed by atoms with Crippen molar-refractivity contribution in [1.29, 1.82) is 10.5 Å². The Bertz CT molecular complexity index is 215. The normalized spacial score (nSPS) is 10.7. The average molecular weight is 136 g/mol. The van der Waals surface area contributed by atoms with E-state index in [1.54, 1.807) is 12.1 Å². The maximum absolute atomic E-state index is 8.36. The number of hydrogen-bond donors (Lipinski definition) is 2. The molecule has 0 unspecified atom stereocenters. The molecule has 0 aromatic heterocycles. The van der Waals surface area contributed by atoms with Crippen molar-refractivity contribution in [1.82, 2.24) is 5.32 Å². The molecule has 0 amide bonds. The third kappa shape index (κ3) is 2.06. The summed E-state index contributed by atoms with van der Waals surface area (Å²) in [7, 11) is 0. The van der Waals surface area contributed by atoms with Crippen LogP contribution in [0.15, 0.2) is 11.4 Å². The number of nitrogens with two attached hydrogens (primary N) is 1. The van der Waals surface area contributed by atoms with Crippen LogP contribution in [0.5, 0.6) is 0 Å². The summed E-state index contributed by atoms with van der Waals surface area (Å²) in [6.07, 6.45) is 0. The van der Waals surface area contributed by atoms with E-state index in [1.165, 1.54) is 0 Å². The first-order valence-corrected chi connectivity index (χ1v) is 2.80. The molecule has 0 aromatic rings. The monoisotopic (exact) mass is 136 g/mol. The molecule has 4 heteroatoms. The summed E-state index contributed by atoms with van der Waals surface area (Å²) >= 11 is 0. The van der Waals surface area contributed by atoms with Gasteiger partial charge in [-0.25, -0.2) is 0 Å². The van der Waals surface area contributed by atoms with Crippen LogP contribution >= 0.6 is 0 Å². The van der Waals surface area contributed by atoms with Gasteiger partial charge in [0.25, 0.3) is 0 Å². The number of nitrogens with one attached hydrogen (secondary N) is 1. The van der Waals surface area contributed by atoms with Gasteiger partial charge in [0.2, 0.25) is 0 Å². The zero-order valence-electron chi connectivity index (χ0n) is 5.68. The summed E-state index contributed by atoms with van der Waals surface area (Å²) in [4.78, 5) is 0. The fraction of sp³-hybridized carbons (Fsp3) is 0.333. The Labute approximate surface area is 59.5 Å². The van der Waals surface area contributed by atoms with Crippen LogP contribution in [0.3, 0.4) is 0 Å². The highest BCUT2D eigenvalue weighted by molar-refractivity contribution is 5.32. The van der Waals surface area contributed by atoms with Gasteiger partial charge in [-0.15, -0.1) is 0 Å². The minimum atomic E-state index is -0.0654. The Hall–Kier alpha value is -1.68. The van der Waals surface area contributed by atoms with Gasteiger partial charge in [0.05, 0.1) is 0 Å². The van der Waals surface area contributed by atoms with Crippen molar-refractivity contribution in [3.63, 3.8) is 0 Å². The van der Waals surface area contributed by atoms with Crippen molar-refractivity contribution in [2.75, 3.05) is 6.54 Å². The first kappa shape index (κ1) is 8.32. The number of nitrogens with zero attached hydrogens (tertiary/aromatic N) is 2. The molecule has 0 heterocycles. The molecule has 0 spiro atoms. The number of nitriles is 2. The molecule has 0 saturated carbocycles. The van der Waals surface area contributed by atoms with Gasteiger partial charge >= 0.3 is 0 Å². The summed E-state index contributed by atoms with van der Waals surface area (Å²) in [5, 5.41) is 19.3. The van der Waals surface area contributed by atoms with E-state index < -0.39 is 0 Å². The van der Waals surface area contributed by atoms with Gasteiger partial charge in [-0.05, 0) is 6.92 Å². The van der Waals surface area contributed by atoms with Gasteiger partial charge in [-0.3, -0.25) is 0 Å². The molecule has 0 atom stereocenters. The van der Waals surface area contributed by atoms with Crippen LogP contribution in [-0.4, -0.2) is 6.54 Å². The minimum Gasteiger partial charge on any atom is -0.388 e. The SMILES string of the molecule is CCNC(C#N)=C(N)C#N. The van der Waals surface area contributed by atoms with Crippen LogP contribution < -0.4 is 11.1 Å². The number of hydrogen-bond acceptors (Lipinski definition) is 4. The molecule has 0 bridgehead atoms. The second-order valence-corrected chi connectivity index (χ2v) is 1.54. The maximum atomic E-state index is 8.36. The lowest BCUT2D eigenvalue weighted by molar-refractivity contribution is 0.871. The first-order chi connectivity index (χ1) is 4.76. The molecule has 0 aliphatic heterocycles. The Kier molecular flexibility index (Phi) is 3.51. The molecule has 10 heavy (non-hydrogen) atoms. The second kappa shape index (κ2) is 4.22. The lowest BCUT2D eigenvalue weighted by Crippen LogP contribution is -2.15. The molecular weight excluding hydrogens is 128 g/mol. The van der Waals surface area contributed by atoms with Crippen molar-refractivity contribution >= 4 is 0 Å². The maximum Gasteiger partial charge on any atom is 0.147 e. The Balaban J connectivity index is 4.38. The quantitative estimate of drug-likeness (QED) is 0.515. The van der Waals surface area contributed by atoms with E-state index in [1.807, 2.05) is 6.92 Å². The number of rotatable bonds is 2. The van der Waals surface area contributed by atoms with Crippen LogP contribution in [0.2, 0.25) is 0 Å². The van der Waals surface area contributed by atoms with Crippen LogP contribution in [0, 0.1) is 22.7 Å². The smallest absolute Gasteiger partial charge is 0.147 e. The molecule has 3 N–H and O–H groups in total. The fourth-order valence-electron chi connectivity index (χ4n) is 0.428. The van der Waals surface area contributed by atoms with E-state index in [-0.39, 0.29) is 11.4 Å². The molecule has 4 nitrogen and oxygen atoms in total. The summed E-state index contributed by atoms with van der Waals surface area (Å²) in [6.45, 7) is 2.41. The van der Waals surface area contributed by atoms with Gasteiger partial charge in [-0.2, -0.15) is 10.5 Å². The van der Waals surface area contributed by atoms with Crippen LogP contribution in [-0.2, 0) is 0 Å². The molecule has 0 aliphatic carbocycles. The predicted molar refractivity (Wildman–Crippen MR) is 36.1 cm³/mol. The van der Waals surface area contributed by atoms with Gasteiger partial charge in [0.15, 0.2) is 0 Å². The van der Waals surface area contributed by atoms with E-state index in [2.05, 4.69) is 5.32 Å². The van der Waals surface area contributed by atoms with Gasteiger partial charge in [0.1, 0.15) is 23.5 Å². The predicted octanol–water partition coefficient (Wildman–Crippen LogP) is -0.187. The molecule has 52 valence electrons. The second-order valence-electron chi connectivity index (χ2n) is 1.54. The highest BCUT2D eigenvalue weighted by Gasteiger charge is 1.97. The minimum absolute atomic E-state index is 0.0654. The molecule has 0 radical (unpaired) electrons. The van der Waals surface area contributed by atoms with Crippen LogP contribution in [0.1, 0.15) is 6.92 Å². The molecule has 0 fully saturated rings. The zero-order valence-corrected chi connectivity index (χ0v) is 5.68. The van der Waals surface area contributed by atoms with Crippen molar-refractivity contribution in [2.24, 2.45) is 5.73 Å². The first-order valence-electron chi connectivity index (χ1n) is 2.80. The Morgan fingerprint density at radius 2 is 2.10 bits per heavy atom. The summed E-state index contributed by atoms with van der Waals surface area (Å²) < 4.78 is 0. The van der Waals surface area contributed by atoms with E-state index in [9.17, 15) is 0 Å². The highest BCUT2D eigenvalue weighted by Crippen LogP contribution is 1.89. The summed E-state index contributed by atoms with van der Waals surface area (Å²) in [5.74, 6) is 0.